The Morgan fingerprint density at radius 3 is 3.00 bits per heavy atom. The highest BCUT2D eigenvalue weighted by atomic mass is 32.2. The fourth-order valence-electron chi connectivity index (χ4n) is 2.10. The summed E-state index contributed by atoms with van der Waals surface area (Å²) in [7, 11) is 0. The molecule has 2 N–H and O–H groups in total. The van der Waals surface area contributed by atoms with Crippen molar-refractivity contribution in [2.45, 2.75) is 44.4 Å². The second-order valence-corrected chi connectivity index (χ2v) is 7.19. The number of nitrogens with one attached hydrogen (secondary N) is 2. The summed E-state index contributed by atoms with van der Waals surface area (Å²) in [6.07, 6.45) is 5.93. The molecular weight excluding hydrogens is 260 g/mol. The third kappa shape index (κ3) is 3.89. The number of anilines is 1. The van der Waals surface area contributed by atoms with E-state index >= 15 is 0 Å². The van der Waals surface area contributed by atoms with Crippen molar-refractivity contribution in [2.24, 2.45) is 0 Å². The molecule has 19 heavy (non-hydrogen) atoms. The molecule has 1 fully saturated rings. The molecular formula is C13H22N4OS. The van der Waals surface area contributed by atoms with Gasteiger partial charge in [-0.1, -0.05) is 0 Å². The smallest absolute Gasteiger partial charge is 0.319 e. The molecule has 1 aliphatic rings. The summed E-state index contributed by atoms with van der Waals surface area (Å²) >= 11 is 1.94. The molecule has 1 unspecified atom stereocenters. The first-order chi connectivity index (χ1) is 8.98. The monoisotopic (exact) mass is 282 g/mol. The predicted molar refractivity (Wildman–Crippen MR) is 79.7 cm³/mol. The van der Waals surface area contributed by atoms with Crippen LogP contribution in [0.25, 0.3) is 0 Å². The van der Waals surface area contributed by atoms with Gasteiger partial charge < -0.3 is 10.6 Å². The fourth-order valence-corrected chi connectivity index (χ4v) is 3.35. The van der Waals surface area contributed by atoms with Crippen LogP contribution in [0.4, 0.5) is 10.5 Å². The van der Waals surface area contributed by atoms with E-state index in [1.165, 1.54) is 18.6 Å². The van der Waals surface area contributed by atoms with E-state index in [2.05, 4.69) is 36.5 Å². The Labute approximate surface area is 118 Å². The topological polar surface area (TPSA) is 59.0 Å². The molecule has 0 aromatic carbocycles. The van der Waals surface area contributed by atoms with Gasteiger partial charge in [-0.2, -0.15) is 16.9 Å². The number of aromatic nitrogens is 2. The Morgan fingerprint density at radius 1 is 1.63 bits per heavy atom. The molecule has 1 aliphatic heterocycles. The maximum atomic E-state index is 11.8. The Kier molecular flexibility index (Phi) is 4.39. The second kappa shape index (κ2) is 5.86. The minimum absolute atomic E-state index is 0.156. The zero-order valence-electron chi connectivity index (χ0n) is 11.8. The maximum Gasteiger partial charge on any atom is 0.319 e. The summed E-state index contributed by atoms with van der Waals surface area (Å²) in [4.78, 5) is 11.8. The molecule has 0 bridgehead atoms. The van der Waals surface area contributed by atoms with Crippen LogP contribution in [-0.2, 0) is 0 Å². The third-order valence-electron chi connectivity index (χ3n) is 3.31. The van der Waals surface area contributed by atoms with Gasteiger partial charge in [-0.15, -0.1) is 0 Å². The summed E-state index contributed by atoms with van der Waals surface area (Å²) in [5, 5.41) is 9.95. The zero-order chi connectivity index (χ0) is 13.9. The number of hydrogen-bond acceptors (Lipinski definition) is 3. The molecule has 0 saturated carbocycles. The van der Waals surface area contributed by atoms with E-state index in [0.717, 1.165) is 5.69 Å². The van der Waals surface area contributed by atoms with Crippen molar-refractivity contribution < 1.29 is 4.79 Å². The minimum atomic E-state index is -0.156. The Bertz CT molecular complexity index is 438. The van der Waals surface area contributed by atoms with Crippen LogP contribution < -0.4 is 10.6 Å². The van der Waals surface area contributed by atoms with Crippen LogP contribution in [-0.4, -0.2) is 32.9 Å². The van der Waals surface area contributed by atoms with E-state index in [1.807, 2.05) is 22.6 Å². The van der Waals surface area contributed by atoms with Gasteiger partial charge in [0.2, 0.25) is 0 Å². The molecule has 2 heterocycles. The average molecular weight is 282 g/mol. The van der Waals surface area contributed by atoms with Crippen molar-refractivity contribution in [3.8, 4) is 0 Å². The number of carbonyl (C=O) groups excluding carboxylic acids is 1. The second-order valence-electron chi connectivity index (χ2n) is 5.51. The molecule has 0 radical (unpaired) electrons. The first-order valence-corrected chi connectivity index (χ1v) is 7.70. The van der Waals surface area contributed by atoms with Gasteiger partial charge >= 0.3 is 6.03 Å². The highest BCUT2D eigenvalue weighted by Crippen LogP contribution is 2.36. The number of hydrogen-bond donors (Lipinski definition) is 2. The van der Waals surface area contributed by atoms with E-state index in [-0.39, 0.29) is 10.8 Å². The van der Waals surface area contributed by atoms with Crippen molar-refractivity contribution in [1.82, 2.24) is 15.1 Å². The predicted octanol–water partition coefficient (Wildman–Crippen LogP) is 2.87. The molecule has 2 rings (SSSR count). The highest BCUT2D eigenvalue weighted by molar-refractivity contribution is 8.00. The van der Waals surface area contributed by atoms with Crippen molar-refractivity contribution in [3.05, 3.63) is 12.4 Å². The lowest BCUT2D eigenvalue weighted by molar-refractivity contribution is 0.251. The van der Waals surface area contributed by atoms with E-state index in [9.17, 15) is 4.79 Å². The van der Waals surface area contributed by atoms with Crippen molar-refractivity contribution in [3.63, 3.8) is 0 Å². The fraction of sp³-hybridized carbons (Fsp3) is 0.692. The van der Waals surface area contributed by atoms with Gasteiger partial charge in [0.05, 0.1) is 11.9 Å². The molecule has 1 saturated heterocycles. The van der Waals surface area contributed by atoms with Crippen LogP contribution in [0.2, 0.25) is 0 Å². The van der Waals surface area contributed by atoms with Gasteiger partial charge in [0.15, 0.2) is 0 Å². The normalized spacial score (nSPS) is 22.7. The molecule has 0 aliphatic carbocycles. The largest absolute Gasteiger partial charge is 0.336 e. The van der Waals surface area contributed by atoms with Gasteiger partial charge in [-0.3, -0.25) is 4.68 Å². The Hall–Kier alpha value is -1.17. The van der Waals surface area contributed by atoms with E-state index in [1.54, 1.807) is 6.20 Å². The molecule has 1 aromatic rings. The molecule has 5 nitrogen and oxygen atoms in total. The number of thioether (sulfide) groups is 1. The van der Waals surface area contributed by atoms with Crippen molar-refractivity contribution >= 4 is 23.5 Å². The van der Waals surface area contributed by atoms with Crippen LogP contribution in [0.15, 0.2) is 12.4 Å². The number of rotatable bonds is 4. The lowest BCUT2D eigenvalue weighted by Gasteiger charge is -2.22. The molecule has 0 spiro atoms. The average Bonchev–Trinajstić information content (AvgIpc) is 2.97. The molecule has 2 amide bonds. The summed E-state index contributed by atoms with van der Waals surface area (Å²) in [6.45, 7) is 7.02. The number of nitrogens with zero attached hydrogens (tertiary/aromatic N) is 2. The summed E-state index contributed by atoms with van der Waals surface area (Å²) < 4.78 is 2.02. The van der Waals surface area contributed by atoms with E-state index in [4.69, 9.17) is 0 Å². The van der Waals surface area contributed by atoms with E-state index in [0.29, 0.717) is 12.6 Å². The lowest BCUT2D eigenvalue weighted by atomic mass is 10.1. The first-order valence-electron chi connectivity index (χ1n) is 6.71. The SMILES string of the molecule is CC(C)n1cc(NC(=O)NCC2(C)CCCS2)cn1. The third-order valence-corrected chi connectivity index (χ3v) is 4.85. The summed E-state index contributed by atoms with van der Waals surface area (Å²) in [6, 6.07) is 0.143. The van der Waals surface area contributed by atoms with Crippen LogP contribution >= 0.6 is 11.8 Å². The molecule has 1 aromatic heterocycles. The van der Waals surface area contributed by atoms with Gasteiger partial charge in [-0.25, -0.2) is 4.79 Å². The molecule has 6 heteroatoms. The van der Waals surface area contributed by atoms with Crippen LogP contribution in [0, 0.1) is 0 Å². The van der Waals surface area contributed by atoms with Gasteiger partial charge in [0, 0.05) is 23.5 Å². The first kappa shape index (κ1) is 14.2. The van der Waals surface area contributed by atoms with Gasteiger partial charge in [0.25, 0.3) is 0 Å². The van der Waals surface area contributed by atoms with Crippen LogP contribution in [0.3, 0.4) is 0 Å². The van der Waals surface area contributed by atoms with Gasteiger partial charge in [-0.05, 0) is 39.4 Å². The summed E-state index contributed by atoms with van der Waals surface area (Å²) in [5.74, 6) is 1.20. The summed E-state index contributed by atoms with van der Waals surface area (Å²) in [5.41, 5.74) is 0.732. The number of carbonyl (C=O) groups is 1. The number of amides is 2. The van der Waals surface area contributed by atoms with Gasteiger partial charge in [0.1, 0.15) is 0 Å². The standard InChI is InChI=1S/C13H22N4OS/c1-10(2)17-8-11(7-15-17)16-12(18)14-9-13(3)5-4-6-19-13/h7-8,10H,4-6,9H2,1-3H3,(H2,14,16,18). The molecule has 1 atom stereocenters. The highest BCUT2D eigenvalue weighted by Gasteiger charge is 2.29. The Morgan fingerprint density at radius 2 is 2.42 bits per heavy atom. The van der Waals surface area contributed by atoms with Crippen molar-refractivity contribution in [2.75, 3.05) is 17.6 Å². The maximum absolute atomic E-state index is 11.8. The number of urea groups is 1. The minimum Gasteiger partial charge on any atom is -0.336 e. The quantitative estimate of drug-likeness (QED) is 0.892. The zero-order valence-corrected chi connectivity index (χ0v) is 12.6. The van der Waals surface area contributed by atoms with E-state index < -0.39 is 0 Å². The van der Waals surface area contributed by atoms with Crippen molar-refractivity contribution in [1.29, 1.82) is 0 Å². The molecule has 106 valence electrons. The lowest BCUT2D eigenvalue weighted by Crippen LogP contribution is -2.39. The van der Waals surface area contributed by atoms with Crippen LogP contribution in [0.1, 0.15) is 39.7 Å². The van der Waals surface area contributed by atoms with Crippen LogP contribution in [0.5, 0.6) is 0 Å². The Balaban J connectivity index is 1.80.